The summed E-state index contributed by atoms with van der Waals surface area (Å²) in [7, 11) is 0. The van der Waals surface area contributed by atoms with Crippen molar-refractivity contribution < 1.29 is 0 Å². The molecule has 18 heavy (non-hydrogen) atoms. The Morgan fingerprint density at radius 2 is 1.78 bits per heavy atom. The zero-order valence-electron chi connectivity index (χ0n) is 11.3. The monoisotopic (exact) mass is 244 g/mol. The highest BCUT2D eigenvalue weighted by molar-refractivity contribution is 5.28. The molecule has 1 heterocycles. The molecule has 1 aromatic carbocycles. The Morgan fingerprint density at radius 3 is 2.44 bits per heavy atom. The first-order valence-electron chi connectivity index (χ1n) is 7.16. The molecule has 98 valence electrons. The lowest BCUT2D eigenvalue weighted by Crippen LogP contribution is -2.24. The van der Waals surface area contributed by atoms with Crippen molar-refractivity contribution >= 4 is 0 Å². The molecule has 1 aromatic rings. The van der Waals surface area contributed by atoms with Crippen molar-refractivity contribution in [1.82, 2.24) is 10.9 Å². The van der Waals surface area contributed by atoms with E-state index in [0.29, 0.717) is 6.04 Å². The predicted molar refractivity (Wildman–Crippen MR) is 77.1 cm³/mol. The van der Waals surface area contributed by atoms with Crippen LogP contribution >= 0.6 is 0 Å². The Labute approximate surface area is 110 Å². The summed E-state index contributed by atoms with van der Waals surface area (Å²) in [5, 5.41) is 0. The number of unbranched alkanes of at least 4 members (excludes halogenated alkanes) is 4. The van der Waals surface area contributed by atoms with Gasteiger partial charge in [-0.15, -0.1) is 0 Å². The topological polar surface area (TPSA) is 24.1 Å². The molecule has 0 fully saturated rings. The van der Waals surface area contributed by atoms with Gasteiger partial charge in [-0.2, -0.15) is 0 Å². The predicted octanol–water partition coefficient (Wildman–Crippen LogP) is 3.86. The van der Waals surface area contributed by atoms with Gasteiger partial charge in [-0.25, -0.2) is 5.43 Å². The van der Waals surface area contributed by atoms with Crippen LogP contribution in [0.2, 0.25) is 0 Å². The van der Waals surface area contributed by atoms with Gasteiger partial charge in [0.05, 0.1) is 6.04 Å². The van der Waals surface area contributed by atoms with E-state index in [1.165, 1.54) is 49.7 Å². The quantitative estimate of drug-likeness (QED) is 0.712. The minimum absolute atomic E-state index is 0.323. The van der Waals surface area contributed by atoms with E-state index in [4.69, 9.17) is 0 Å². The molecule has 2 N–H and O–H groups in total. The van der Waals surface area contributed by atoms with Gasteiger partial charge >= 0.3 is 0 Å². The van der Waals surface area contributed by atoms with E-state index in [9.17, 15) is 0 Å². The molecular weight excluding hydrogens is 220 g/mol. The van der Waals surface area contributed by atoms with Gasteiger partial charge in [-0.1, -0.05) is 56.9 Å². The van der Waals surface area contributed by atoms with Crippen molar-refractivity contribution in [1.29, 1.82) is 0 Å². The molecule has 2 nitrogen and oxygen atoms in total. The zero-order valence-corrected chi connectivity index (χ0v) is 11.3. The summed E-state index contributed by atoms with van der Waals surface area (Å²) in [5.41, 5.74) is 8.99. The van der Waals surface area contributed by atoms with Crippen molar-refractivity contribution in [3.8, 4) is 0 Å². The fourth-order valence-electron chi connectivity index (χ4n) is 2.35. The van der Waals surface area contributed by atoms with Gasteiger partial charge in [0, 0.05) is 6.20 Å². The maximum Gasteiger partial charge on any atom is 0.0707 e. The van der Waals surface area contributed by atoms with E-state index >= 15 is 0 Å². The van der Waals surface area contributed by atoms with Crippen LogP contribution < -0.4 is 10.9 Å². The molecule has 0 saturated heterocycles. The molecule has 0 radical (unpaired) electrons. The lowest BCUT2D eigenvalue weighted by Gasteiger charge is -2.10. The normalized spacial score (nSPS) is 17.9. The second kappa shape index (κ2) is 7.22. The van der Waals surface area contributed by atoms with E-state index in [1.807, 2.05) is 6.20 Å². The fourth-order valence-corrected chi connectivity index (χ4v) is 2.35. The number of hydrogen-bond acceptors (Lipinski definition) is 2. The van der Waals surface area contributed by atoms with Gasteiger partial charge in [-0.05, 0) is 30.0 Å². The Bertz CT molecular complexity index is 367. The van der Waals surface area contributed by atoms with E-state index in [1.54, 1.807) is 0 Å². The highest BCUT2D eigenvalue weighted by Gasteiger charge is 2.09. The third-order valence-corrected chi connectivity index (χ3v) is 3.52. The van der Waals surface area contributed by atoms with Gasteiger partial charge in [0.25, 0.3) is 0 Å². The van der Waals surface area contributed by atoms with Crippen molar-refractivity contribution in [2.24, 2.45) is 0 Å². The van der Waals surface area contributed by atoms with Gasteiger partial charge in [0.1, 0.15) is 0 Å². The van der Waals surface area contributed by atoms with Gasteiger partial charge < -0.3 is 5.43 Å². The third-order valence-electron chi connectivity index (χ3n) is 3.52. The van der Waals surface area contributed by atoms with E-state index in [-0.39, 0.29) is 0 Å². The number of benzene rings is 1. The molecule has 0 spiro atoms. The Balaban J connectivity index is 1.75. The van der Waals surface area contributed by atoms with Crippen LogP contribution in [0.25, 0.3) is 0 Å². The maximum atomic E-state index is 3.20. The number of nitrogens with one attached hydrogen (secondary N) is 2. The first kappa shape index (κ1) is 13.2. The number of rotatable bonds is 7. The van der Waals surface area contributed by atoms with Crippen LogP contribution in [0.15, 0.2) is 36.5 Å². The zero-order chi connectivity index (χ0) is 12.6. The Kier molecular flexibility index (Phi) is 5.28. The van der Waals surface area contributed by atoms with Gasteiger partial charge in [0.2, 0.25) is 0 Å². The summed E-state index contributed by atoms with van der Waals surface area (Å²) < 4.78 is 0. The smallest absolute Gasteiger partial charge is 0.0707 e. The molecule has 0 aliphatic carbocycles. The van der Waals surface area contributed by atoms with Crippen molar-refractivity contribution in [2.75, 3.05) is 0 Å². The van der Waals surface area contributed by atoms with Crippen molar-refractivity contribution in [3.05, 3.63) is 47.7 Å². The summed E-state index contributed by atoms with van der Waals surface area (Å²) in [6, 6.07) is 9.32. The maximum absolute atomic E-state index is 3.20. The SMILES string of the molecule is CCCCCCCc1ccc(C2C=CNN2)cc1. The second-order valence-corrected chi connectivity index (χ2v) is 5.03. The van der Waals surface area contributed by atoms with Crippen LogP contribution in [0.3, 0.4) is 0 Å². The molecule has 0 aromatic heterocycles. The molecule has 1 aliphatic heterocycles. The average Bonchev–Trinajstić information content (AvgIpc) is 2.93. The molecule has 1 unspecified atom stereocenters. The highest BCUT2D eigenvalue weighted by Crippen LogP contribution is 2.17. The highest BCUT2D eigenvalue weighted by atomic mass is 15.4. The minimum Gasteiger partial charge on any atom is -0.328 e. The lowest BCUT2D eigenvalue weighted by molar-refractivity contribution is 0.609. The molecule has 2 rings (SSSR count). The van der Waals surface area contributed by atoms with E-state index in [2.05, 4.69) is 48.1 Å². The molecule has 1 aliphatic rings. The largest absolute Gasteiger partial charge is 0.328 e. The molecular formula is C16H24N2. The summed E-state index contributed by atoms with van der Waals surface area (Å²) >= 11 is 0. The van der Waals surface area contributed by atoms with Crippen LogP contribution in [0.4, 0.5) is 0 Å². The van der Waals surface area contributed by atoms with Crippen LogP contribution in [-0.4, -0.2) is 0 Å². The Hall–Kier alpha value is -1.28. The van der Waals surface area contributed by atoms with Crippen LogP contribution in [0.5, 0.6) is 0 Å². The van der Waals surface area contributed by atoms with E-state index in [0.717, 1.165) is 0 Å². The van der Waals surface area contributed by atoms with Crippen LogP contribution in [0.1, 0.15) is 56.2 Å². The van der Waals surface area contributed by atoms with Crippen LogP contribution in [-0.2, 0) is 6.42 Å². The molecule has 0 bridgehead atoms. The molecule has 2 heteroatoms. The number of hydrogen-bond donors (Lipinski definition) is 2. The summed E-state index contributed by atoms with van der Waals surface area (Å²) in [5.74, 6) is 0. The fraction of sp³-hybridized carbons (Fsp3) is 0.500. The molecule has 1 atom stereocenters. The Morgan fingerprint density at radius 1 is 1.00 bits per heavy atom. The lowest BCUT2D eigenvalue weighted by atomic mass is 10.0. The molecule has 0 saturated carbocycles. The first-order valence-corrected chi connectivity index (χ1v) is 7.16. The van der Waals surface area contributed by atoms with Gasteiger partial charge in [0.15, 0.2) is 0 Å². The van der Waals surface area contributed by atoms with E-state index < -0.39 is 0 Å². The number of hydrazine groups is 1. The van der Waals surface area contributed by atoms with Gasteiger partial charge in [-0.3, -0.25) is 0 Å². The third kappa shape index (κ3) is 3.88. The summed E-state index contributed by atoms with van der Waals surface area (Å²) in [6.45, 7) is 2.26. The summed E-state index contributed by atoms with van der Waals surface area (Å²) in [6.07, 6.45) is 12.1. The standard InChI is InChI=1S/C16H24N2/c1-2-3-4-5-6-7-14-8-10-15(11-9-14)16-12-13-17-18-16/h8-13,16-18H,2-7H2,1H3. The minimum atomic E-state index is 0.323. The average molecular weight is 244 g/mol. The first-order chi connectivity index (χ1) is 8.90. The van der Waals surface area contributed by atoms with Crippen molar-refractivity contribution in [2.45, 2.75) is 51.5 Å². The summed E-state index contributed by atoms with van der Waals surface area (Å²) in [4.78, 5) is 0. The molecule has 0 amide bonds. The van der Waals surface area contributed by atoms with Crippen molar-refractivity contribution in [3.63, 3.8) is 0 Å². The number of aryl methyl sites for hydroxylation is 1. The second-order valence-electron chi connectivity index (χ2n) is 5.03. The van der Waals surface area contributed by atoms with Crippen LogP contribution in [0, 0.1) is 0 Å².